The van der Waals surface area contributed by atoms with Crippen molar-refractivity contribution in [2.45, 2.75) is 19.9 Å². The van der Waals surface area contributed by atoms with E-state index in [2.05, 4.69) is 11.9 Å². The summed E-state index contributed by atoms with van der Waals surface area (Å²) in [6, 6.07) is 0.209. The number of hydrogen-bond donors (Lipinski definition) is 1. The molecule has 0 bridgehead atoms. The van der Waals surface area contributed by atoms with Gasteiger partial charge in [0.05, 0.1) is 0 Å². The van der Waals surface area contributed by atoms with E-state index in [1.54, 1.807) is 0 Å². The first-order valence-electron chi connectivity index (χ1n) is 2.59. The summed E-state index contributed by atoms with van der Waals surface area (Å²) in [7, 11) is 0. The Hall–Kier alpha value is -0.193. The minimum absolute atomic E-state index is 0. The molecule has 0 saturated heterocycles. The van der Waals surface area contributed by atoms with E-state index in [4.69, 9.17) is 0 Å². The zero-order valence-corrected chi connectivity index (χ0v) is 6.27. The quantitative estimate of drug-likeness (QED) is 0.326. The van der Waals surface area contributed by atoms with Crippen LogP contribution in [-0.2, 0) is 4.79 Å². The van der Waals surface area contributed by atoms with E-state index in [-0.39, 0.29) is 32.2 Å². The van der Waals surface area contributed by atoms with Crippen LogP contribution in [0.1, 0.15) is 15.3 Å². The van der Waals surface area contributed by atoms with Crippen LogP contribution in [0.5, 0.6) is 0 Å². The third-order valence-electron chi connectivity index (χ3n) is 0.616. The summed E-state index contributed by atoms with van der Waals surface area (Å²) in [5.41, 5.74) is 0. The third kappa shape index (κ3) is 7.81. The summed E-state index contributed by atoms with van der Waals surface area (Å²) in [6.45, 7) is 7.11. The molecule has 0 fully saturated rings. The second-order valence-electron chi connectivity index (χ2n) is 1.87. The number of hydrogen-bond acceptors (Lipinski definition) is 1. The molecule has 2 nitrogen and oxygen atoms in total. The Morgan fingerprint density at radius 1 is 1.78 bits per heavy atom. The Balaban J connectivity index is -0.000000245. The molecule has 0 spiro atoms. The molecule has 0 aromatic heterocycles. The van der Waals surface area contributed by atoms with E-state index < -0.39 is 0 Å². The summed E-state index contributed by atoms with van der Waals surface area (Å²) in [4.78, 5) is 10.4. The number of carbonyl (C=O) groups is 1. The molecule has 0 aromatic rings. The first kappa shape index (κ1) is 11.6. The maximum absolute atomic E-state index is 10.4. The van der Waals surface area contributed by atoms with Gasteiger partial charge in [-0.1, -0.05) is 6.58 Å². The van der Waals surface area contributed by atoms with Gasteiger partial charge >= 0.3 is 18.9 Å². The van der Waals surface area contributed by atoms with Crippen LogP contribution in [0, 0.1) is 0 Å². The number of rotatable bonds is 2. The van der Waals surface area contributed by atoms with Crippen LogP contribution in [0.15, 0.2) is 12.7 Å². The first-order valence-corrected chi connectivity index (χ1v) is 2.59. The van der Waals surface area contributed by atoms with Gasteiger partial charge in [0.2, 0.25) is 5.91 Å². The van der Waals surface area contributed by atoms with E-state index in [1.807, 2.05) is 13.8 Å². The van der Waals surface area contributed by atoms with Crippen molar-refractivity contribution in [2.24, 2.45) is 0 Å². The molecule has 48 valence electrons. The van der Waals surface area contributed by atoms with Gasteiger partial charge in [-0.15, -0.1) is 0 Å². The molecule has 1 amide bonds. The average Bonchev–Trinajstić information content (AvgIpc) is 1.65. The number of nitrogens with one attached hydrogen (secondary N) is 1. The van der Waals surface area contributed by atoms with Gasteiger partial charge in [-0.2, -0.15) is 0 Å². The van der Waals surface area contributed by atoms with Crippen molar-refractivity contribution in [1.82, 2.24) is 5.32 Å². The second-order valence-corrected chi connectivity index (χ2v) is 1.87. The SMILES string of the molecule is C=CC(=O)NC(C)C.[H-].[Li+]. The van der Waals surface area contributed by atoms with E-state index in [1.165, 1.54) is 6.08 Å². The molecule has 9 heavy (non-hydrogen) atoms. The maximum atomic E-state index is 10.4. The summed E-state index contributed by atoms with van der Waals surface area (Å²) >= 11 is 0. The molecule has 0 atom stereocenters. The molecule has 0 aromatic carbocycles. The van der Waals surface area contributed by atoms with Crippen LogP contribution < -0.4 is 24.2 Å². The fourth-order valence-corrected chi connectivity index (χ4v) is 0.343. The molecule has 0 saturated carbocycles. The minimum atomic E-state index is -0.111. The summed E-state index contributed by atoms with van der Waals surface area (Å²) in [5, 5.41) is 2.64. The number of carbonyl (C=O) groups excluding carboxylic acids is 1. The smallest absolute Gasteiger partial charge is 1.00 e. The molecular formula is C6H12LiNO. The van der Waals surface area contributed by atoms with E-state index >= 15 is 0 Å². The van der Waals surface area contributed by atoms with Gasteiger partial charge in [0.1, 0.15) is 0 Å². The van der Waals surface area contributed by atoms with Gasteiger partial charge in [0.25, 0.3) is 0 Å². The zero-order chi connectivity index (χ0) is 6.57. The summed E-state index contributed by atoms with van der Waals surface area (Å²) in [6.07, 6.45) is 1.26. The topological polar surface area (TPSA) is 29.1 Å². The molecule has 0 radical (unpaired) electrons. The van der Waals surface area contributed by atoms with E-state index in [0.29, 0.717) is 0 Å². The monoisotopic (exact) mass is 121 g/mol. The van der Waals surface area contributed by atoms with Crippen LogP contribution in [-0.4, -0.2) is 11.9 Å². The van der Waals surface area contributed by atoms with E-state index in [0.717, 1.165) is 0 Å². The van der Waals surface area contributed by atoms with Gasteiger partial charge in [0.15, 0.2) is 0 Å². The molecule has 0 aliphatic carbocycles. The zero-order valence-electron chi connectivity index (χ0n) is 7.27. The number of amides is 1. The average molecular weight is 121 g/mol. The molecule has 1 N–H and O–H groups in total. The molecule has 0 unspecified atom stereocenters. The Morgan fingerprint density at radius 3 is 2.33 bits per heavy atom. The fourth-order valence-electron chi connectivity index (χ4n) is 0.343. The second kappa shape index (κ2) is 5.94. The Kier molecular flexibility index (Phi) is 7.64. The van der Waals surface area contributed by atoms with Gasteiger partial charge in [-0.25, -0.2) is 0 Å². The van der Waals surface area contributed by atoms with Gasteiger partial charge in [-0.3, -0.25) is 4.79 Å². The van der Waals surface area contributed by atoms with E-state index in [9.17, 15) is 4.79 Å². The van der Waals surface area contributed by atoms with Crippen LogP contribution in [0.25, 0.3) is 0 Å². The summed E-state index contributed by atoms with van der Waals surface area (Å²) in [5.74, 6) is -0.111. The maximum Gasteiger partial charge on any atom is 1.00 e. The van der Waals surface area contributed by atoms with Gasteiger partial charge in [-0.05, 0) is 19.9 Å². The molecule has 0 aliphatic rings. The normalized spacial score (nSPS) is 7.89. The van der Waals surface area contributed by atoms with Crippen molar-refractivity contribution in [2.75, 3.05) is 0 Å². The van der Waals surface area contributed by atoms with Crippen molar-refractivity contribution in [1.29, 1.82) is 0 Å². The van der Waals surface area contributed by atoms with Crippen molar-refractivity contribution in [3.05, 3.63) is 12.7 Å². The third-order valence-corrected chi connectivity index (χ3v) is 0.616. The van der Waals surface area contributed by atoms with Crippen LogP contribution in [0.4, 0.5) is 0 Å². The van der Waals surface area contributed by atoms with Crippen LogP contribution in [0.2, 0.25) is 0 Å². The Labute approximate surface area is 69.4 Å². The largest absolute Gasteiger partial charge is 1.00 e. The molecule has 3 heteroatoms. The Morgan fingerprint density at radius 2 is 2.22 bits per heavy atom. The Bertz CT molecular complexity index is 106. The van der Waals surface area contributed by atoms with Gasteiger partial charge < -0.3 is 6.74 Å². The van der Waals surface area contributed by atoms with Crippen molar-refractivity contribution in [3.63, 3.8) is 0 Å². The van der Waals surface area contributed by atoms with Crippen LogP contribution in [0.3, 0.4) is 0 Å². The van der Waals surface area contributed by atoms with Crippen molar-refractivity contribution in [3.8, 4) is 0 Å². The first-order chi connectivity index (χ1) is 3.66. The fraction of sp³-hybridized carbons (Fsp3) is 0.500. The predicted molar refractivity (Wildman–Crippen MR) is 34.6 cm³/mol. The minimum Gasteiger partial charge on any atom is -1.00 e. The molecular weight excluding hydrogens is 109 g/mol. The summed E-state index contributed by atoms with van der Waals surface area (Å²) < 4.78 is 0. The predicted octanol–water partition coefficient (Wildman–Crippen LogP) is -2.19. The standard InChI is InChI=1S/C6H11NO.Li.H/c1-4-6(8)7-5(2)3;;/h4-5H,1H2,2-3H3,(H,7,8);;/q;+1;-1. The molecule has 0 heterocycles. The van der Waals surface area contributed by atoms with Crippen LogP contribution >= 0.6 is 0 Å². The molecule has 0 aliphatic heterocycles. The van der Waals surface area contributed by atoms with Gasteiger partial charge in [0, 0.05) is 6.04 Å². The van der Waals surface area contributed by atoms with Crippen molar-refractivity contribution >= 4 is 5.91 Å². The molecule has 0 rings (SSSR count). The van der Waals surface area contributed by atoms with Crippen molar-refractivity contribution < 1.29 is 25.1 Å².